The van der Waals surface area contributed by atoms with E-state index in [2.05, 4.69) is 9.97 Å². The van der Waals surface area contributed by atoms with E-state index < -0.39 is 17.3 Å². The number of carbonyl (C=O) groups is 1. The summed E-state index contributed by atoms with van der Waals surface area (Å²) in [5, 5.41) is 11.3. The molecule has 0 aliphatic rings. The average molecular weight is 353 g/mol. The summed E-state index contributed by atoms with van der Waals surface area (Å²) in [5.41, 5.74) is 6.61. The highest BCUT2D eigenvalue weighted by atomic mass is 19.1. The second-order valence-corrected chi connectivity index (χ2v) is 6.52. The minimum atomic E-state index is -1.21. The minimum absolute atomic E-state index is 0.0962. The van der Waals surface area contributed by atoms with E-state index in [1.807, 2.05) is 38.1 Å². The largest absolute Gasteiger partial charge is 0.379 e. The smallest absolute Gasteiger partial charge is 0.251 e. The van der Waals surface area contributed by atoms with Gasteiger partial charge in [0.25, 0.3) is 5.91 Å². The van der Waals surface area contributed by atoms with Crippen LogP contribution in [0.15, 0.2) is 55.0 Å². The van der Waals surface area contributed by atoms with Gasteiger partial charge in [-0.05, 0) is 34.7 Å². The van der Waals surface area contributed by atoms with Crippen LogP contribution < -0.4 is 5.73 Å². The van der Waals surface area contributed by atoms with Crippen molar-refractivity contribution in [1.29, 1.82) is 0 Å². The lowest BCUT2D eigenvalue weighted by Gasteiger charge is -2.31. The third-order valence-corrected chi connectivity index (χ3v) is 4.63. The number of imidazole rings is 1. The Morgan fingerprint density at radius 2 is 1.85 bits per heavy atom. The molecular weight excluding hydrogens is 333 g/mol. The van der Waals surface area contributed by atoms with Crippen molar-refractivity contribution in [3.63, 3.8) is 0 Å². The first kappa shape index (κ1) is 17.8. The summed E-state index contributed by atoms with van der Waals surface area (Å²) >= 11 is 0. The molecule has 0 bridgehead atoms. The van der Waals surface area contributed by atoms with Crippen LogP contribution in [0.1, 0.15) is 35.5 Å². The highest BCUT2D eigenvalue weighted by Gasteiger charge is 2.36. The zero-order chi connectivity index (χ0) is 18.9. The molecule has 1 heterocycles. The molecule has 1 atom stereocenters. The first-order valence-electron chi connectivity index (χ1n) is 8.25. The molecule has 0 radical (unpaired) electrons. The van der Waals surface area contributed by atoms with E-state index in [0.29, 0.717) is 16.8 Å². The van der Waals surface area contributed by atoms with Crippen LogP contribution in [-0.2, 0) is 5.60 Å². The van der Waals surface area contributed by atoms with Crippen LogP contribution in [0.5, 0.6) is 0 Å². The number of benzene rings is 2. The van der Waals surface area contributed by atoms with Gasteiger partial charge in [0, 0.05) is 0 Å². The van der Waals surface area contributed by atoms with Crippen molar-refractivity contribution in [2.45, 2.75) is 19.4 Å². The molecule has 5 nitrogen and oxygen atoms in total. The van der Waals surface area contributed by atoms with Gasteiger partial charge in [0.05, 0.1) is 23.8 Å². The van der Waals surface area contributed by atoms with Gasteiger partial charge in [0.1, 0.15) is 11.4 Å². The number of halogens is 1. The Bertz CT molecular complexity index is 921. The average Bonchev–Trinajstić information content (AvgIpc) is 3.16. The van der Waals surface area contributed by atoms with E-state index in [1.165, 1.54) is 18.5 Å². The maximum atomic E-state index is 13.7. The van der Waals surface area contributed by atoms with Crippen molar-refractivity contribution in [2.75, 3.05) is 0 Å². The fraction of sp³-hybridized carbons (Fsp3) is 0.200. The highest BCUT2D eigenvalue weighted by Crippen LogP contribution is 2.36. The van der Waals surface area contributed by atoms with Gasteiger partial charge in [-0.2, -0.15) is 0 Å². The number of primary amides is 1. The fourth-order valence-corrected chi connectivity index (χ4v) is 3.07. The molecule has 1 aromatic heterocycles. The number of aromatic amines is 1. The van der Waals surface area contributed by atoms with Gasteiger partial charge in [-0.3, -0.25) is 4.79 Å². The number of aromatic nitrogens is 2. The molecular formula is C20H20FN3O2. The van der Waals surface area contributed by atoms with Gasteiger partial charge < -0.3 is 15.8 Å². The zero-order valence-electron chi connectivity index (χ0n) is 14.5. The standard InChI is InChI=1S/C20H20FN3O2/c1-12(2)20(26,18-10-23-11-24-18)15-6-3-13(4-7-15)14-5-8-17(21)16(9-14)19(22)25/h3-12,26H,1-2H3,(H2,22,25)(H,23,24). The van der Waals surface area contributed by atoms with Gasteiger partial charge >= 0.3 is 0 Å². The molecule has 134 valence electrons. The normalized spacial score (nSPS) is 13.6. The summed E-state index contributed by atoms with van der Waals surface area (Å²) in [6, 6.07) is 11.5. The molecule has 2 aromatic carbocycles. The number of hydrogen-bond acceptors (Lipinski definition) is 3. The monoisotopic (exact) mass is 353 g/mol. The van der Waals surface area contributed by atoms with Crippen molar-refractivity contribution < 1.29 is 14.3 Å². The Hall–Kier alpha value is -2.99. The second kappa shape index (κ2) is 6.72. The Balaban J connectivity index is 2.01. The van der Waals surface area contributed by atoms with Crippen molar-refractivity contribution in [3.05, 3.63) is 77.6 Å². The van der Waals surface area contributed by atoms with E-state index in [9.17, 15) is 14.3 Å². The summed E-state index contributed by atoms with van der Waals surface area (Å²) in [6.07, 6.45) is 3.13. The molecule has 3 aromatic rings. The van der Waals surface area contributed by atoms with Crippen LogP contribution >= 0.6 is 0 Å². The predicted molar refractivity (Wildman–Crippen MR) is 96.8 cm³/mol. The molecule has 0 spiro atoms. The summed E-state index contributed by atoms with van der Waals surface area (Å²) in [6.45, 7) is 3.85. The lowest BCUT2D eigenvalue weighted by Crippen LogP contribution is -2.33. The van der Waals surface area contributed by atoms with Crippen LogP contribution in [0.25, 0.3) is 11.1 Å². The van der Waals surface area contributed by atoms with Gasteiger partial charge in [-0.25, -0.2) is 9.37 Å². The molecule has 0 saturated carbocycles. The molecule has 0 aliphatic heterocycles. The van der Waals surface area contributed by atoms with Crippen LogP contribution in [0.3, 0.4) is 0 Å². The predicted octanol–water partition coefficient (Wildman–Crippen LogP) is 3.21. The number of rotatable bonds is 5. The molecule has 1 unspecified atom stereocenters. The van der Waals surface area contributed by atoms with E-state index >= 15 is 0 Å². The molecule has 0 saturated heterocycles. The van der Waals surface area contributed by atoms with Gasteiger partial charge in [-0.1, -0.05) is 44.2 Å². The van der Waals surface area contributed by atoms with Crippen LogP contribution in [0, 0.1) is 11.7 Å². The minimum Gasteiger partial charge on any atom is -0.379 e. The molecule has 3 rings (SSSR count). The molecule has 0 fully saturated rings. The van der Waals surface area contributed by atoms with Crippen LogP contribution in [-0.4, -0.2) is 21.0 Å². The molecule has 26 heavy (non-hydrogen) atoms. The van der Waals surface area contributed by atoms with Crippen LogP contribution in [0.2, 0.25) is 0 Å². The SMILES string of the molecule is CC(C)C(O)(c1ccc(-c2ccc(F)c(C(N)=O)c2)cc1)c1cnc[nH]1. The quantitative estimate of drug-likeness (QED) is 0.658. The highest BCUT2D eigenvalue weighted by molar-refractivity contribution is 5.94. The number of aliphatic hydroxyl groups is 1. The van der Waals surface area contributed by atoms with Crippen molar-refractivity contribution in [3.8, 4) is 11.1 Å². The maximum absolute atomic E-state index is 13.7. The first-order chi connectivity index (χ1) is 12.3. The van der Waals surface area contributed by atoms with E-state index in [1.54, 1.807) is 12.3 Å². The van der Waals surface area contributed by atoms with Gasteiger partial charge in [0.2, 0.25) is 0 Å². The number of nitrogens with two attached hydrogens (primary N) is 1. The lowest BCUT2D eigenvalue weighted by atomic mass is 9.80. The van der Waals surface area contributed by atoms with Gasteiger partial charge in [-0.15, -0.1) is 0 Å². The number of nitrogens with one attached hydrogen (secondary N) is 1. The Morgan fingerprint density at radius 1 is 1.19 bits per heavy atom. The Labute approximate surface area is 150 Å². The van der Waals surface area contributed by atoms with Crippen molar-refractivity contribution >= 4 is 5.91 Å². The Kier molecular flexibility index (Phi) is 4.61. The summed E-state index contributed by atoms with van der Waals surface area (Å²) in [7, 11) is 0. The third-order valence-electron chi connectivity index (χ3n) is 4.63. The number of nitrogens with zero attached hydrogens (tertiary/aromatic N) is 1. The molecule has 6 heteroatoms. The lowest BCUT2D eigenvalue weighted by molar-refractivity contribution is 0.0279. The second-order valence-electron chi connectivity index (χ2n) is 6.52. The summed E-state index contributed by atoms with van der Waals surface area (Å²) in [5.74, 6) is -1.55. The topological polar surface area (TPSA) is 92.0 Å². The molecule has 0 aliphatic carbocycles. The Morgan fingerprint density at radius 3 is 2.38 bits per heavy atom. The number of hydrogen-bond donors (Lipinski definition) is 3. The van der Waals surface area contributed by atoms with Crippen molar-refractivity contribution in [1.82, 2.24) is 9.97 Å². The number of amides is 1. The molecule has 4 N–H and O–H groups in total. The summed E-state index contributed by atoms with van der Waals surface area (Å²) < 4.78 is 13.7. The van der Waals surface area contributed by atoms with E-state index in [0.717, 1.165) is 5.56 Å². The van der Waals surface area contributed by atoms with Crippen molar-refractivity contribution in [2.24, 2.45) is 11.7 Å². The fourth-order valence-electron chi connectivity index (χ4n) is 3.07. The number of carbonyl (C=O) groups excluding carboxylic acids is 1. The summed E-state index contributed by atoms with van der Waals surface area (Å²) in [4.78, 5) is 18.3. The van der Waals surface area contributed by atoms with E-state index in [4.69, 9.17) is 5.73 Å². The number of H-pyrrole nitrogens is 1. The maximum Gasteiger partial charge on any atom is 0.251 e. The third kappa shape index (κ3) is 2.99. The first-order valence-corrected chi connectivity index (χ1v) is 8.25. The molecule has 1 amide bonds. The van der Waals surface area contributed by atoms with Gasteiger partial charge in [0.15, 0.2) is 0 Å². The van der Waals surface area contributed by atoms with Crippen LogP contribution in [0.4, 0.5) is 4.39 Å². The van der Waals surface area contributed by atoms with E-state index in [-0.39, 0.29) is 11.5 Å². The zero-order valence-corrected chi connectivity index (χ0v) is 14.5.